The van der Waals surface area contributed by atoms with Crippen LogP contribution in [-0.4, -0.2) is 90.9 Å². The summed E-state index contributed by atoms with van der Waals surface area (Å²) in [4.78, 5) is 0.142. The third-order valence-electron chi connectivity index (χ3n) is 12.6. The Balaban J connectivity index is 0.967. The summed E-state index contributed by atoms with van der Waals surface area (Å²) >= 11 is 0. The number of hydrogen-bond donors (Lipinski definition) is 5. The van der Waals surface area contributed by atoms with Gasteiger partial charge in [-0.3, -0.25) is 18.2 Å². The predicted octanol–water partition coefficient (Wildman–Crippen LogP) is 11.9. The van der Waals surface area contributed by atoms with Crippen LogP contribution in [-0.2, 0) is 40.5 Å². The van der Waals surface area contributed by atoms with E-state index in [-0.39, 0.29) is 74.8 Å². The van der Waals surface area contributed by atoms with Crippen LogP contribution in [0.25, 0.3) is 44.3 Å². The minimum absolute atomic E-state index is 0.0478. The minimum Gasteiger partial charge on any atom is -0.505 e. The number of phenols is 1. The molecule has 1 aromatic heterocycles. The van der Waals surface area contributed by atoms with Crippen molar-refractivity contribution in [2.24, 2.45) is 30.7 Å². The van der Waals surface area contributed by atoms with Gasteiger partial charge in [-0.05, 0) is 134 Å². The van der Waals surface area contributed by atoms with Gasteiger partial charge in [-0.15, -0.1) is 25.5 Å². The van der Waals surface area contributed by atoms with Crippen molar-refractivity contribution in [1.82, 2.24) is 15.0 Å². The lowest BCUT2D eigenvalue weighted by Crippen LogP contribution is -2.20. The molecule has 79 heavy (non-hydrogen) atoms. The van der Waals surface area contributed by atoms with E-state index in [4.69, 9.17) is 9.47 Å². The first kappa shape index (κ1) is 55.8. The second-order valence-corrected chi connectivity index (χ2v) is 24.3. The largest absolute Gasteiger partial charge is 0.505 e. The van der Waals surface area contributed by atoms with E-state index in [0.29, 0.717) is 68.7 Å². The number of azo groups is 3. The molecule has 8 aromatic rings. The van der Waals surface area contributed by atoms with Crippen LogP contribution in [0.2, 0.25) is 0 Å². The molecule has 28 heteroatoms. The Hall–Kier alpha value is -7.96. The molecule has 0 aliphatic heterocycles. The van der Waals surface area contributed by atoms with Crippen LogP contribution in [0.5, 0.6) is 17.2 Å². The maximum Gasteiger partial charge on any atom is 0.297 e. The van der Waals surface area contributed by atoms with Gasteiger partial charge in [0.05, 0.1) is 46.6 Å². The van der Waals surface area contributed by atoms with E-state index < -0.39 is 67.7 Å². The van der Waals surface area contributed by atoms with Crippen LogP contribution in [0.1, 0.15) is 59.3 Å². The van der Waals surface area contributed by atoms with Crippen LogP contribution >= 0.6 is 0 Å². The highest BCUT2D eigenvalue weighted by atomic mass is 32.2. The van der Waals surface area contributed by atoms with E-state index in [1.54, 1.807) is 87.5 Å². The van der Waals surface area contributed by atoms with E-state index >= 15 is 0 Å². The van der Waals surface area contributed by atoms with Gasteiger partial charge in [0.25, 0.3) is 40.5 Å². The van der Waals surface area contributed by atoms with Gasteiger partial charge in [0, 0.05) is 34.2 Å². The molecule has 1 unspecified atom stereocenters. The molecular formula is C51H47N9O15S4. The zero-order chi connectivity index (χ0) is 56.8. The average molecular weight is 1150 g/mol. The summed E-state index contributed by atoms with van der Waals surface area (Å²) in [5, 5.41) is 46.4. The third-order valence-corrected chi connectivity index (χ3v) is 16.4. The van der Waals surface area contributed by atoms with Crippen LogP contribution in [0, 0.1) is 20.8 Å². The molecule has 0 amide bonds. The van der Waals surface area contributed by atoms with Crippen molar-refractivity contribution in [1.29, 1.82) is 0 Å². The number of aryl methyl sites for hydroxylation is 3. The Bertz CT molecular complexity index is 4410. The summed E-state index contributed by atoms with van der Waals surface area (Å²) in [6.07, 6.45) is 1.04. The van der Waals surface area contributed by atoms with Crippen molar-refractivity contribution in [3.8, 4) is 22.9 Å². The maximum atomic E-state index is 12.8. The monoisotopic (exact) mass is 1150 g/mol. The van der Waals surface area contributed by atoms with Gasteiger partial charge < -0.3 is 14.6 Å². The van der Waals surface area contributed by atoms with Gasteiger partial charge in [-0.2, -0.15) is 53.8 Å². The number of ether oxygens (including phenoxy) is 2. The fraction of sp³-hybridized carbons (Fsp3) is 0.216. The van der Waals surface area contributed by atoms with E-state index in [1.165, 1.54) is 35.1 Å². The van der Waals surface area contributed by atoms with Crippen LogP contribution in [0.4, 0.5) is 34.1 Å². The summed E-state index contributed by atoms with van der Waals surface area (Å²) in [6, 6.07) is 25.2. The molecule has 1 atom stereocenters. The lowest BCUT2D eigenvalue weighted by Gasteiger charge is -2.22. The van der Waals surface area contributed by atoms with Gasteiger partial charge in [0.15, 0.2) is 5.75 Å². The number of hydrogen-bond acceptors (Lipinski definition) is 19. The van der Waals surface area contributed by atoms with Crippen LogP contribution in [0.15, 0.2) is 138 Å². The van der Waals surface area contributed by atoms with Gasteiger partial charge in [0.2, 0.25) is 0 Å². The van der Waals surface area contributed by atoms with Gasteiger partial charge >= 0.3 is 0 Å². The summed E-state index contributed by atoms with van der Waals surface area (Å²) in [6.45, 7) is 7.35. The average Bonchev–Trinajstić information content (AvgIpc) is 4.07. The topological polar surface area (TPSA) is 361 Å². The second-order valence-electron chi connectivity index (χ2n) is 18.3. The van der Waals surface area contributed by atoms with Crippen molar-refractivity contribution in [2.45, 2.75) is 57.1 Å². The molecule has 0 bridgehead atoms. The number of allylic oxidation sites excluding steroid dienone is 1. The standard InChI is InChI=1S/C51H47N9O15S4/c1-5-18-74-46-9-6-8-37-35(46)13-17-41(51(37)79(71,72)73)53-56-44-27-47(75-19-7-20-76(62,63)64)45(23-30(44)4)57-55-43-22-28(2)42(21-29(43)3)54-52-40-15-10-31-24-32(11-12-34(31)50(40)61)60-58-39-16-14-36-38(49(39)59-60)25-33(77(65,66)67)26-48(36)78(68,69)70/h6,8-17,21-25,27,48,61H,5,7,18-20,26H2,1-4H3,(H,62,63,64)(H,65,66,67)(H,68,69,70)(H,71,72,73). The lowest BCUT2D eigenvalue weighted by molar-refractivity contribution is 0.317. The SMILES string of the molecule is CCCOc1cccc2c(S(=O)(=O)O)c(N=Nc3cc(OCCCS(=O)(=O)O)c(N=Nc4cc(C)c(N=Nc5ccc6cc(-n7nc8ccc9c(c8n7)C=C(S(=O)(=O)O)CC9S(=O)(=O)O)ccc6c5O)cc4C)cc3C)ccc12. The fourth-order valence-corrected chi connectivity index (χ4v) is 11.7. The minimum atomic E-state index is -4.83. The first-order valence-corrected chi connectivity index (χ1v) is 29.8. The van der Waals surface area contributed by atoms with E-state index in [1.807, 2.05) is 6.92 Å². The number of nitrogens with zero attached hydrogens (tertiary/aromatic N) is 9. The molecule has 7 aromatic carbocycles. The number of fused-ring (bicyclic) bond motifs is 5. The Morgan fingerprint density at radius 2 is 1.22 bits per heavy atom. The van der Waals surface area contributed by atoms with Crippen LogP contribution in [0.3, 0.4) is 0 Å². The molecule has 0 saturated carbocycles. The number of phenolic OH excluding ortho intramolecular Hbond substituents is 1. The smallest absolute Gasteiger partial charge is 0.297 e. The lowest BCUT2D eigenvalue weighted by atomic mass is 9.95. The number of benzene rings is 7. The summed E-state index contributed by atoms with van der Waals surface area (Å²) in [5.74, 6) is -0.256. The van der Waals surface area contributed by atoms with Crippen LogP contribution < -0.4 is 9.47 Å². The molecule has 0 radical (unpaired) electrons. The first-order chi connectivity index (χ1) is 37.3. The molecule has 0 spiro atoms. The van der Waals surface area contributed by atoms with E-state index in [9.17, 15) is 57.0 Å². The molecular weight excluding hydrogens is 1110 g/mol. The highest BCUT2D eigenvalue weighted by Gasteiger charge is 2.36. The zero-order valence-corrected chi connectivity index (χ0v) is 45.4. The fourth-order valence-electron chi connectivity index (χ4n) is 8.71. The van der Waals surface area contributed by atoms with Crippen molar-refractivity contribution in [2.75, 3.05) is 19.0 Å². The van der Waals surface area contributed by atoms with E-state index in [2.05, 4.69) is 40.9 Å². The predicted molar refractivity (Wildman–Crippen MR) is 292 cm³/mol. The van der Waals surface area contributed by atoms with Gasteiger partial charge in [0.1, 0.15) is 49.7 Å². The Morgan fingerprint density at radius 3 is 1.86 bits per heavy atom. The molecule has 24 nitrogen and oxygen atoms in total. The Kier molecular flexibility index (Phi) is 15.3. The van der Waals surface area contributed by atoms with Crippen molar-refractivity contribution >= 4 is 113 Å². The summed E-state index contributed by atoms with van der Waals surface area (Å²) < 4.78 is 148. The first-order valence-electron chi connectivity index (χ1n) is 23.8. The zero-order valence-electron chi connectivity index (χ0n) is 42.1. The molecule has 1 aliphatic carbocycles. The molecule has 0 saturated heterocycles. The number of aromatic hydroxyl groups is 1. The normalized spacial score (nSPS) is 14.5. The highest BCUT2D eigenvalue weighted by Crippen LogP contribution is 2.44. The molecule has 0 fully saturated rings. The van der Waals surface area contributed by atoms with Crippen molar-refractivity contribution in [3.63, 3.8) is 0 Å². The highest BCUT2D eigenvalue weighted by molar-refractivity contribution is 7.90. The Labute approximate surface area is 451 Å². The third kappa shape index (κ3) is 12.2. The maximum absolute atomic E-state index is 12.8. The summed E-state index contributed by atoms with van der Waals surface area (Å²) in [7, 11) is -18.7. The quantitative estimate of drug-likeness (QED) is 0.0303. The second kappa shape index (κ2) is 21.7. The molecule has 1 heterocycles. The van der Waals surface area contributed by atoms with Gasteiger partial charge in [-0.25, -0.2) is 0 Å². The van der Waals surface area contributed by atoms with Gasteiger partial charge in [-0.1, -0.05) is 31.2 Å². The van der Waals surface area contributed by atoms with Crippen molar-refractivity contribution in [3.05, 3.63) is 130 Å². The molecule has 410 valence electrons. The number of aromatic nitrogens is 3. The van der Waals surface area contributed by atoms with Crippen molar-refractivity contribution < 1.29 is 66.5 Å². The summed E-state index contributed by atoms with van der Waals surface area (Å²) in [5.41, 5.74) is 3.89. The molecule has 1 aliphatic rings. The molecule has 5 N–H and O–H groups in total. The Morgan fingerprint density at radius 1 is 0.608 bits per heavy atom. The molecule has 9 rings (SSSR count). The van der Waals surface area contributed by atoms with E-state index in [0.717, 1.165) is 6.08 Å². The number of rotatable bonds is 18.